The minimum atomic E-state index is -0.627. The molecule has 3 amide bonds. The van der Waals surface area contributed by atoms with Crippen LogP contribution in [0, 0.1) is 0 Å². The molecule has 4 rings (SSSR count). The Morgan fingerprint density at radius 2 is 1.46 bits per heavy atom. The van der Waals surface area contributed by atoms with E-state index in [1.54, 1.807) is 48.5 Å². The van der Waals surface area contributed by atoms with Crippen LogP contribution in [-0.4, -0.2) is 17.7 Å². The zero-order valence-corrected chi connectivity index (χ0v) is 20.5. The Morgan fingerprint density at radius 1 is 0.829 bits per heavy atom. The van der Waals surface area contributed by atoms with Crippen molar-refractivity contribution in [2.45, 2.75) is 26.2 Å². The van der Waals surface area contributed by atoms with E-state index in [2.05, 4.69) is 17.6 Å². The Kier molecular flexibility index (Phi) is 7.54. The number of hydrogen-bond donors (Lipinski definition) is 2. The molecule has 3 aromatic rings. The fraction of sp³-hybridized carbons (Fsp3) is 0.148. The summed E-state index contributed by atoms with van der Waals surface area (Å²) in [6.45, 7) is 2.15. The summed E-state index contributed by atoms with van der Waals surface area (Å²) < 4.78 is 0. The zero-order chi connectivity index (χ0) is 24.9. The predicted octanol–water partition coefficient (Wildman–Crippen LogP) is 6.37. The quantitative estimate of drug-likeness (QED) is 0.347. The first-order valence-electron chi connectivity index (χ1n) is 11.2. The first-order valence-corrected chi connectivity index (χ1v) is 11.9. The van der Waals surface area contributed by atoms with Crippen molar-refractivity contribution in [2.24, 2.45) is 0 Å². The topological polar surface area (TPSA) is 78.5 Å². The molecule has 0 unspecified atom stereocenters. The van der Waals surface area contributed by atoms with Crippen molar-refractivity contribution in [1.82, 2.24) is 0 Å². The molecule has 0 radical (unpaired) electrons. The van der Waals surface area contributed by atoms with Gasteiger partial charge in [0.25, 0.3) is 17.7 Å². The van der Waals surface area contributed by atoms with Crippen LogP contribution in [0.5, 0.6) is 0 Å². The van der Waals surface area contributed by atoms with E-state index in [1.807, 2.05) is 24.3 Å². The number of anilines is 3. The summed E-state index contributed by atoms with van der Waals surface area (Å²) >= 11 is 12.1. The van der Waals surface area contributed by atoms with Crippen LogP contribution in [0.3, 0.4) is 0 Å². The van der Waals surface area contributed by atoms with Crippen LogP contribution in [-0.2, 0) is 16.0 Å². The van der Waals surface area contributed by atoms with E-state index in [1.165, 1.54) is 5.56 Å². The predicted molar refractivity (Wildman–Crippen MR) is 140 cm³/mol. The molecule has 6 nitrogen and oxygen atoms in total. The summed E-state index contributed by atoms with van der Waals surface area (Å²) in [6, 6.07) is 20.7. The maximum absolute atomic E-state index is 12.9. The molecule has 0 saturated heterocycles. The summed E-state index contributed by atoms with van der Waals surface area (Å²) in [5.41, 5.74) is 3.24. The Morgan fingerprint density at radius 3 is 2.09 bits per heavy atom. The largest absolute Gasteiger partial charge is 0.350 e. The van der Waals surface area contributed by atoms with Crippen LogP contribution >= 0.6 is 23.2 Å². The number of rotatable bonds is 8. The number of carbonyl (C=O) groups excluding carboxylic acids is 3. The Bertz CT molecular complexity index is 1280. The van der Waals surface area contributed by atoms with E-state index in [4.69, 9.17) is 23.2 Å². The highest BCUT2D eigenvalue weighted by Gasteiger charge is 2.38. The average molecular weight is 508 g/mol. The maximum Gasteiger partial charge on any atom is 0.283 e. The highest BCUT2D eigenvalue weighted by molar-refractivity contribution is 6.53. The number of carbonyl (C=O) groups is 3. The molecule has 8 heteroatoms. The highest BCUT2D eigenvalue weighted by atomic mass is 35.5. The number of halogens is 2. The summed E-state index contributed by atoms with van der Waals surface area (Å²) in [5.74, 6) is -1.46. The second-order valence-corrected chi connectivity index (χ2v) is 8.88. The number of nitrogens with one attached hydrogen (secondary N) is 2. The number of aryl methyl sites for hydroxylation is 1. The second-order valence-electron chi connectivity index (χ2n) is 8.07. The molecular weight excluding hydrogens is 485 g/mol. The van der Waals surface area contributed by atoms with Gasteiger partial charge in [0.15, 0.2) is 0 Å². The van der Waals surface area contributed by atoms with Gasteiger partial charge in [-0.3, -0.25) is 14.4 Å². The van der Waals surface area contributed by atoms with E-state index in [-0.39, 0.29) is 16.6 Å². The molecule has 0 bridgehead atoms. The zero-order valence-electron chi connectivity index (χ0n) is 19.0. The van der Waals surface area contributed by atoms with Gasteiger partial charge in [0.05, 0.1) is 5.69 Å². The molecule has 35 heavy (non-hydrogen) atoms. The van der Waals surface area contributed by atoms with Crippen molar-refractivity contribution in [3.05, 3.63) is 99.7 Å². The van der Waals surface area contributed by atoms with Gasteiger partial charge in [0, 0.05) is 22.0 Å². The molecule has 1 aliphatic heterocycles. The Balaban J connectivity index is 1.41. The number of nitrogens with zero attached hydrogens (tertiary/aromatic N) is 1. The SMILES string of the molecule is CCCCc1ccc(NC(=O)c2ccc(NC3=C(Cl)C(=O)N(c4ccc(Cl)cc4)C3=O)cc2)cc1. The Labute approximate surface area is 213 Å². The first kappa shape index (κ1) is 24.5. The first-order chi connectivity index (χ1) is 16.9. The van der Waals surface area contributed by atoms with Crippen molar-refractivity contribution in [3.8, 4) is 0 Å². The molecule has 0 aromatic heterocycles. The monoisotopic (exact) mass is 507 g/mol. The number of unbranched alkanes of at least 4 members (excludes halogenated alkanes) is 1. The summed E-state index contributed by atoms with van der Waals surface area (Å²) in [4.78, 5) is 39.1. The number of hydrogen-bond acceptors (Lipinski definition) is 4. The molecule has 3 aromatic carbocycles. The summed E-state index contributed by atoms with van der Waals surface area (Å²) in [5, 5.41) is 6.05. The minimum Gasteiger partial charge on any atom is -0.350 e. The third-order valence-corrected chi connectivity index (χ3v) is 6.16. The van der Waals surface area contributed by atoms with Gasteiger partial charge < -0.3 is 10.6 Å². The molecule has 178 valence electrons. The molecule has 0 saturated carbocycles. The van der Waals surface area contributed by atoms with Gasteiger partial charge in [-0.05, 0) is 79.1 Å². The molecule has 0 atom stereocenters. The second kappa shape index (κ2) is 10.8. The van der Waals surface area contributed by atoms with E-state index in [0.717, 1.165) is 24.2 Å². The maximum atomic E-state index is 12.9. The number of amides is 3. The standard InChI is InChI=1S/C27H23Cl2N3O3/c1-2-3-4-17-5-11-21(12-6-17)31-25(33)18-7-13-20(14-8-18)30-24-23(29)26(34)32(27(24)35)22-15-9-19(28)10-16-22/h5-16,30H,2-4H2,1H3,(H,31,33). The average Bonchev–Trinajstić information content (AvgIpc) is 3.07. The molecule has 2 N–H and O–H groups in total. The summed E-state index contributed by atoms with van der Waals surface area (Å²) in [7, 11) is 0. The van der Waals surface area contributed by atoms with Crippen LogP contribution < -0.4 is 15.5 Å². The molecular formula is C27H23Cl2N3O3. The highest BCUT2D eigenvalue weighted by Crippen LogP contribution is 2.30. The van der Waals surface area contributed by atoms with Crippen LogP contribution in [0.25, 0.3) is 0 Å². The van der Waals surface area contributed by atoms with Crippen molar-refractivity contribution < 1.29 is 14.4 Å². The lowest BCUT2D eigenvalue weighted by atomic mass is 10.1. The van der Waals surface area contributed by atoms with Gasteiger partial charge in [-0.25, -0.2) is 4.90 Å². The normalized spacial score (nSPS) is 13.4. The van der Waals surface area contributed by atoms with Crippen LogP contribution in [0.1, 0.15) is 35.7 Å². The lowest BCUT2D eigenvalue weighted by molar-refractivity contribution is -0.120. The third kappa shape index (κ3) is 5.56. The van der Waals surface area contributed by atoms with Crippen molar-refractivity contribution in [2.75, 3.05) is 15.5 Å². The van der Waals surface area contributed by atoms with Gasteiger partial charge in [0.2, 0.25) is 0 Å². The lowest BCUT2D eigenvalue weighted by Gasteiger charge is -2.15. The number of imide groups is 1. The van der Waals surface area contributed by atoms with E-state index < -0.39 is 11.8 Å². The van der Waals surface area contributed by atoms with Crippen molar-refractivity contribution in [3.63, 3.8) is 0 Å². The molecule has 1 heterocycles. The molecule has 0 aliphatic carbocycles. The van der Waals surface area contributed by atoms with Crippen LogP contribution in [0.2, 0.25) is 5.02 Å². The van der Waals surface area contributed by atoms with Gasteiger partial charge >= 0.3 is 0 Å². The van der Waals surface area contributed by atoms with E-state index in [0.29, 0.717) is 27.6 Å². The molecule has 0 spiro atoms. The fourth-order valence-electron chi connectivity index (χ4n) is 3.62. The van der Waals surface area contributed by atoms with E-state index >= 15 is 0 Å². The fourth-order valence-corrected chi connectivity index (χ4v) is 3.96. The van der Waals surface area contributed by atoms with Gasteiger partial charge in [-0.1, -0.05) is 48.7 Å². The van der Waals surface area contributed by atoms with Crippen LogP contribution in [0.4, 0.5) is 17.1 Å². The molecule has 0 fully saturated rings. The molecule has 1 aliphatic rings. The van der Waals surface area contributed by atoms with Crippen molar-refractivity contribution in [1.29, 1.82) is 0 Å². The summed E-state index contributed by atoms with van der Waals surface area (Å²) in [6.07, 6.45) is 3.29. The van der Waals surface area contributed by atoms with E-state index in [9.17, 15) is 14.4 Å². The smallest absolute Gasteiger partial charge is 0.283 e. The number of benzene rings is 3. The Hall–Kier alpha value is -3.61. The van der Waals surface area contributed by atoms with Gasteiger partial charge in [0.1, 0.15) is 10.7 Å². The lowest BCUT2D eigenvalue weighted by Crippen LogP contribution is -2.32. The third-order valence-electron chi connectivity index (χ3n) is 5.56. The van der Waals surface area contributed by atoms with Crippen molar-refractivity contribution >= 4 is 58.0 Å². The minimum absolute atomic E-state index is 0.0352. The van der Waals surface area contributed by atoms with Gasteiger partial charge in [-0.2, -0.15) is 0 Å². The van der Waals surface area contributed by atoms with Gasteiger partial charge in [-0.15, -0.1) is 0 Å². The van der Waals surface area contributed by atoms with Crippen LogP contribution in [0.15, 0.2) is 83.5 Å².